The number of benzene rings is 6. The summed E-state index contributed by atoms with van der Waals surface area (Å²) >= 11 is 0. The van der Waals surface area contributed by atoms with Crippen LogP contribution in [-0.2, 0) is 26.5 Å². The Morgan fingerprint density at radius 2 is 1.32 bits per heavy atom. The number of rotatable bonds is 9. The number of para-hydroxylation sites is 2. The molecule has 5 nitrogen and oxygen atoms in total. The molecule has 4 aromatic heterocycles. The molecule has 1 radical (unpaired) electrons. The van der Waals surface area contributed by atoms with Gasteiger partial charge < -0.3 is 14.0 Å². The van der Waals surface area contributed by atoms with Crippen molar-refractivity contribution in [2.45, 2.75) is 79.4 Å². The second-order valence-corrected chi connectivity index (χ2v) is 24.0. The number of aromatic nitrogens is 4. The van der Waals surface area contributed by atoms with Gasteiger partial charge in [0.2, 0.25) is 0 Å². The molecule has 0 spiro atoms. The summed E-state index contributed by atoms with van der Waals surface area (Å²) in [5.74, 6) is 1.99. The van der Waals surface area contributed by atoms with Crippen molar-refractivity contribution in [1.29, 1.82) is 0 Å². The second kappa shape index (κ2) is 18.9. The molecule has 7 heteroatoms. The third-order valence-electron chi connectivity index (χ3n) is 12.1. The minimum atomic E-state index is -1.34. The molecule has 0 atom stereocenters. The molecule has 0 saturated heterocycles. The fourth-order valence-electron chi connectivity index (χ4n) is 9.01. The molecule has 0 N–H and O–H groups in total. The standard InChI is InChI=1S/C40H32N3O.C18H24NSi.Ir/c1-24(2)32-21-27(26-13-6-5-7-14-26)22-33(25(3)4)38(32)43-35-23-41-34-19-10-8-16-30(34)37(35)42-40(43)31-18-12-17-29-28-15-9-11-20-36(28)44-39(29)31;1-14(2)11-16-12-17(15-9-7-6-8-10-15)19-13-18(16)20(3,4)5;/h5-17,19-25H,1-4H3;6-9,12-14H,11H2,1-5H3;/q2*-1;. The van der Waals surface area contributed by atoms with Gasteiger partial charge in [0.1, 0.15) is 5.58 Å². The van der Waals surface area contributed by atoms with Crippen LogP contribution in [0.3, 0.4) is 0 Å². The van der Waals surface area contributed by atoms with Crippen LogP contribution >= 0.6 is 0 Å². The van der Waals surface area contributed by atoms with Crippen molar-refractivity contribution in [3.63, 3.8) is 0 Å². The molecule has 0 aliphatic rings. The van der Waals surface area contributed by atoms with E-state index < -0.39 is 8.07 Å². The summed E-state index contributed by atoms with van der Waals surface area (Å²) in [6, 6.07) is 53.1. The van der Waals surface area contributed by atoms with Crippen LogP contribution in [0.5, 0.6) is 0 Å². The van der Waals surface area contributed by atoms with Crippen molar-refractivity contribution in [1.82, 2.24) is 19.5 Å². The molecule has 329 valence electrons. The molecule has 4 heterocycles. The van der Waals surface area contributed by atoms with Crippen LogP contribution in [0.4, 0.5) is 0 Å². The van der Waals surface area contributed by atoms with Crippen LogP contribution < -0.4 is 5.19 Å². The summed E-state index contributed by atoms with van der Waals surface area (Å²) in [5, 5.41) is 4.67. The maximum absolute atomic E-state index is 6.54. The first-order valence-electron chi connectivity index (χ1n) is 22.7. The number of nitrogens with zero attached hydrogens (tertiary/aromatic N) is 4. The third-order valence-corrected chi connectivity index (χ3v) is 14.2. The van der Waals surface area contributed by atoms with E-state index in [2.05, 4.69) is 174 Å². The van der Waals surface area contributed by atoms with Crippen LogP contribution in [0, 0.1) is 18.1 Å². The first-order valence-corrected chi connectivity index (χ1v) is 26.2. The summed E-state index contributed by atoms with van der Waals surface area (Å²) < 4.78 is 8.87. The molecule has 10 aromatic rings. The second-order valence-electron chi connectivity index (χ2n) is 19.0. The van der Waals surface area contributed by atoms with Gasteiger partial charge in [-0.1, -0.05) is 150 Å². The van der Waals surface area contributed by atoms with E-state index in [-0.39, 0.29) is 31.9 Å². The van der Waals surface area contributed by atoms with Gasteiger partial charge in [-0.15, -0.1) is 54.1 Å². The molecule has 0 aliphatic heterocycles. The molecule has 0 unspecified atom stereocenters. The number of fused-ring (bicyclic) bond motifs is 6. The Kier molecular flexibility index (Phi) is 13.2. The molecule has 0 amide bonds. The van der Waals surface area contributed by atoms with Crippen molar-refractivity contribution in [2.24, 2.45) is 5.92 Å². The van der Waals surface area contributed by atoms with E-state index >= 15 is 0 Å². The zero-order valence-electron chi connectivity index (χ0n) is 38.8. The van der Waals surface area contributed by atoms with Crippen LogP contribution in [0.2, 0.25) is 19.6 Å². The Morgan fingerprint density at radius 1 is 0.646 bits per heavy atom. The van der Waals surface area contributed by atoms with Gasteiger partial charge in [0.15, 0.2) is 0 Å². The predicted octanol–water partition coefficient (Wildman–Crippen LogP) is 15.1. The zero-order valence-corrected chi connectivity index (χ0v) is 42.2. The van der Waals surface area contributed by atoms with Crippen LogP contribution in [-0.4, -0.2) is 27.6 Å². The van der Waals surface area contributed by atoms with E-state index in [0.29, 0.717) is 5.92 Å². The van der Waals surface area contributed by atoms with Crippen molar-refractivity contribution in [3.8, 4) is 39.5 Å². The Morgan fingerprint density at radius 3 is 2.00 bits per heavy atom. The van der Waals surface area contributed by atoms with E-state index in [1.54, 1.807) is 0 Å². The van der Waals surface area contributed by atoms with E-state index in [9.17, 15) is 0 Å². The smallest absolute Gasteiger partial charge is 0.120 e. The minimum Gasteiger partial charge on any atom is -0.501 e. The molecular formula is C58H56IrN4OSi-2. The molecule has 0 aliphatic carbocycles. The van der Waals surface area contributed by atoms with E-state index in [1.807, 2.05) is 54.7 Å². The van der Waals surface area contributed by atoms with E-state index in [4.69, 9.17) is 14.4 Å². The molecule has 0 saturated carbocycles. The predicted molar refractivity (Wildman–Crippen MR) is 272 cm³/mol. The van der Waals surface area contributed by atoms with Gasteiger partial charge in [-0.3, -0.25) is 9.97 Å². The minimum absolute atomic E-state index is 0. The number of furan rings is 1. The average molecular weight is 1050 g/mol. The normalized spacial score (nSPS) is 11.8. The molecule has 0 fully saturated rings. The average Bonchev–Trinajstić information content (AvgIpc) is 3.88. The van der Waals surface area contributed by atoms with Crippen LogP contribution in [0.25, 0.3) is 83.3 Å². The van der Waals surface area contributed by atoms with Gasteiger partial charge in [0, 0.05) is 42.8 Å². The largest absolute Gasteiger partial charge is 0.501 e. The molecule has 0 bridgehead atoms. The van der Waals surface area contributed by atoms with Gasteiger partial charge in [-0.2, -0.15) is 0 Å². The topological polar surface area (TPSA) is 56.7 Å². The third kappa shape index (κ3) is 9.03. The molecule has 65 heavy (non-hydrogen) atoms. The SMILES string of the molecule is CC(C)Cc1cc(-c2[c-]cccc2)ncc1[Si](C)(C)C.CC(C)c1cc(-c2ccccc2)cc(C(C)C)c1-n1c(-c2[c-]ccc3c2oc2ccccc23)nc2c3ccccc3ncc21.[Ir]. The maximum Gasteiger partial charge on any atom is 0.120 e. The van der Waals surface area contributed by atoms with Gasteiger partial charge in [0.25, 0.3) is 0 Å². The fraction of sp³-hybridized carbons (Fsp3) is 0.224. The monoisotopic (exact) mass is 1050 g/mol. The first kappa shape index (κ1) is 45.6. The van der Waals surface area contributed by atoms with E-state index in [0.717, 1.165) is 78.6 Å². The van der Waals surface area contributed by atoms with Crippen LogP contribution in [0.1, 0.15) is 70.1 Å². The summed E-state index contributed by atoms with van der Waals surface area (Å²) in [5.41, 5.74) is 15.0. The van der Waals surface area contributed by atoms with Gasteiger partial charge in [0.05, 0.1) is 42.2 Å². The van der Waals surface area contributed by atoms with Crippen molar-refractivity contribution >= 4 is 57.1 Å². The molecule has 10 rings (SSSR count). The number of hydrogen-bond acceptors (Lipinski definition) is 4. The van der Waals surface area contributed by atoms with Gasteiger partial charge in [-0.25, -0.2) is 0 Å². The van der Waals surface area contributed by atoms with Crippen molar-refractivity contribution in [2.75, 3.05) is 0 Å². The summed E-state index contributed by atoms with van der Waals surface area (Å²) in [6.07, 6.45) is 5.22. The summed E-state index contributed by atoms with van der Waals surface area (Å²) in [7, 11) is -1.34. The van der Waals surface area contributed by atoms with Crippen molar-refractivity contribution in [3.05, 3.63) is 175 Å². The quantitative estimate of drug-likeness (QED) is 0.107. The Balaban J connectivity index is 0.000000232. The maximum atomic E-state index is 6.54. The zero-order chi connectivity index (χ0) is 44.7. The number of hydrogen-bond donors (Lipinski definition) is 0. The van der Waals surface area contributed by atoms with Crippen LogP contribution in [0.15, 0.2) is 150 Å². The Hall–Kier alpha value is -5.98. The Labute approximate surface area is 398 Å². The number of pyridine rings is 2. The van der Waals surface area contributed by atoms with Gasteiger partial charge in [-0.05, 0) is 81.6 Å². The summed E-state index contributed by atoms with van der Waals surface area (Å²) in [4.78, 5) is 15.0. The Bertz CT molecular complexity index is 3240. The first-order chi connectivity index (χ1) is 30.9. The van der Waals surface area contributed by atoms with Gasteiger partial charge >= 0.3 is 0 Å². The summed E-state index contributed by atoms with van der Waals surface area (Å²) in [6.45, 7) is 20.8. The van der Waals surface area contributed by atoms with Crippen molar-refractivity contribution < 1.29 is 24.5 Å². The van der Waals surface area contributed by atoms with E-state index in [1.165, 1.54) is 33.0 Å². The molecular weight excluding hydrogens is 989 g/mol. The molecule has 6 aromatic carbocycles. The fourth-order valence-corrected chi connectivity index (χ4v) is 10.6. The number of imidazole rings is 1.